The molecule has 1 aliphatic rings. The Bertz CT molecular complexity index is 472. The first kappa shape index (κ1) is 16.3. The van der Waals surface area contributed by atoms with Gasteiger partial charge in [0.05, 0.1) is 11.0 Å². The highest BCUT2D eigenvalue weighted by atomic mass is 32.2. The molecule has 0 saturated heterocycles. The van der Waals surface area contributed by atoms with E-state index in [1.165, 1.54) is 37.8 Å². The van der Waals surface area contributed by atoms with Crippen molar-refractivity contribution in [2.45, 2.75) is 36.5 Å². The topological polar surface area (TPSA) is 75.4 Å². The number of hydrogen-bond donors (Lipinski definition) is 2. The van der Waals surface area contributed by atoms with Gasteiger partial charge in [0.15, 0.2) is 0 Å². The predicted octanol–water partition coefficient (Wildman–Crippen LogP) is 2.89. The van der Waals surface area contributed by atoms with Crippen molar-refractivity contribution in [1.82, 2.24) is 5.32 Å². The van der Waals surface area contributed by atoms with Gasteiger partial charge in [0.25, 0.3) is 5.69 Å². The van der Waals surface area contributed by atoms with E-state index in [0.29, 0.717) is 16.9 Å². The maximum atomic E-state index is 10.6. The average molecular weight is 310 g/mol. The first-order valence-electron chi connectivity index (χ1n) is 7.25. The van der Waals surface area contributed by atoms with Crippen LogP contribution in [-0.4, -0.2) is 34.1 Å². The van der Waals surface area contributed by atoms with Crippen molar-refractivity contribution in [3.8, 4) is 0 Å². The zero-order valence-corrected chi connectivity index (χ0v) is 13.1. The molecule has 2 rings (SSSR count). The third kappa shape index (κ3) is 4.18. The van der Waals surface area contributed by atoms with Crippen LogP contribution < -0.4 is 5.32 Å². The van der Waals surface area contributed by atoms with E-state index >= 15 is 0 Å². The first-order valence-corrected chi connectivity index (χ1v) is 8.47. The Kier molecular flexibility index (Phi) is 5.61. The molecule has 1 saturated carbocycles. The van der Waals surface area contributed by atoms with Gasteiger partial charge in [0, 0.05) is 30.0 Å². The lowest BCUT2D eigenvalue weighted by Gasteiger charge is -2.27. The highest BCUT2D eigenvalue weighted by Gasteiger charge is 2.32. The molecule has 116 valence electrons. The summed E-state index contributed by atoms with van der Waals surface area (Å²) in [6.45, 7) is 1.37. The summed E-state index contributed by atoms with van der Waals surface area (Å²) in [7, 11) is 0. The second kappa shape index (κ2) is 7.24. The second-order valence-corrected chi connectivity index (χ2v) is 6.86. The van der Waals surface area contributed by atoms with Gasteiger partial charge in [-0.2, -0.15) is 11.8 Å². The van der Waals surface area contributed by atoms with Gasteiger partial charge in [0.2, 0.25) is 0 Å². The molecule has 0 aromatic heterocycles. The van der Waals surface area contributed by atoms with Crippen molar-refractivity contribution in [3.63, 3.8) is 0 Å². The molecule has 6 heteroatoms. The van der Waals surface area contributed by atoms with Gasteiger partial charge in [-0.15, -0.1) is 0 Å². The van der Waals surface area contributed by atoms with Crippen molar-refractivity contribution in [2.75, 3.05) is 19.3 Å². The number of non-ortho nitro benzene ring substituents is 1. The Morgan fingerprint density at radius 3 is 2.52 bits per heavy atom. The predicted molar refractivity (Wildman–Crippen MR) is 85.6 cm³/mol. The minimum absolute atomic E-state index is 0.0474. The molecule has 0 heterocycles. The summed E-state index contributed by atoms with van der Waals surface area (Å²) in [5.74, 6) is 0. The number of hydrogen-bond acceptors (Lipinski definition) is 5. The third-order valence-corrected chi connectivity index (χ3v) is 5.64. The van der Waals surface area contributed by atoms with E-state index in [4.69, 9.17) is 0 Å². The van der Waals surface area contributed by atoms with Crippen molar-refractivity contribution in [1.29, 1.82) is 0 Å². The van der Waals surface area contributed by atoms with Crippen molar-refractivity contribution in [3.05, 3.63) is 39.9 Å². The summed E-state index contributed by atoms with van der Waals surface area (Å²) in [6, 6.07) is 6.09. The Morgan fingerprint density at radius 1 is 1.38 bits per heavy atom. The summed E-state index contributed by atoms with van der Waals surface area (Å²) in [5, 5.41) is 24.1. The third-order valence-electron chi connectivity index (χ3n) is 4.22. The number of nitro benzene ring substituents is 1. The largest absolute Gasteiger partial charge is 0.387 e. The van der Waals surface area contributed by atoms with Crippen LogP contribution in [0.5, 0.6) is 0 Å². The Balaban J connectivity index is 1.84. The molecule has 1 fully saturated rings. The minimum Gasteiger partial charge on any atom is -0.387 e. The van der Waals surface area contributed by atoms with E-state index < -0.39 is 11.0 Å². The van der Waals surface area contributed by atoms with Crippen molar-refractivity contribution in [2.24, 2.45) is 0 Å². The van der Waals surface area contributed by atoms with Crippen molar-refractivity contribution < 1.29 is 10.0 Å². The quantitative estimate of drug-likeness (QED) is 0.598. The second-order valence-electron chi connectivity index (χ2n) is 5.59. The fourth-order valence-electron chi connectivity index (χ4n) is 2.85. The van der Waals surface area contributed by atoms with E-state index in [9.17, 15) is 15.2 Å². The van der Waals surface area contributed by atoms with Gasteiger partial charge in [-0.25, -0.2) is 0 Å². The first-order chi connectivity index (χ1) is 10.1. The van der Waals surface area contributed by atoms with Crippen LogP contribution in [-0.2, 0) is 0 Å². The van der Waals surface area contributed by atoms with Crippen LogP contribution in [0.3, 0.4) is 0 Å². The molecular weight excluding hydrogens is 288 g/mol. The van der Waals surface area contributed by atoms with Crippen LogP contribution in [0.15, 0.2) is 24.3 Å². The Hall–Kier alpha value is -1.11. The summed E-state index contributed by atoms with van der Waals surface area (Å²) < 4.78 is 0.315. The van der Waals surface area contributed by atoms with E-state index in [2.05, 4.69) is 11.6 Å². The van der Waals surface area contributed by atoms with Crippen molar-refractivity contribution >= 4 is 17.4 Å². The summed E-state index contributed by atoms with van der Waals surface area (Å²) in [5.41, 5.74) is 0.754. The molecule has 1 atom stereocenters. The monoisotopic (exact) mass is 310 g/mol. The molecule has 1 aliphatic carbocycles. The van der Waals surface area contributed by atoms with Gasteiger partial charge in [-0.1, -0.05) is 12.8 Å². The van der Waals surface area contributed by atoms with Gasteiger partial charge in [0.1, 0.15) is 0 Å². The van der Waals surface area contributed by atoms with Gasteiger partial charge in [-0.3, -0.25) is 10.1 Å². The number of benzene rings is 1. The molecular formula is C15H22N2O3S. The highest BCUT2D eigenvalue weighted by Crippen LogP contribution is 2.39. The molecule has 1 unspecified atom stereocenters. The highest BCUT2D eigenvalue weighted by molar-refractivity contribution is 8.00. The van der Waals surface area contributed by atoms with Crippen LogP contribution in [0.1, 0.15) is 37.4 Å². The van der Waals surface area contributed by atoms with Gasteiger partial charge >= 0.3 is 0 Å². The summed E-state index contributed by atoms with van der Waals surface area (Å²) >= 11 is 1.91. The molecule has 1 aromatic carbocycles. The molecule has 0 spiro atoms. The number of thioether (sulfide) groups is 1. The Morgan fingerprint density at radius 2 is 2.00 bits per heavy atom. The molecule has 0 radical (unpaired) electrons. The molecule has 0 bridgehead atoms. The Labute approximate surface area is 129 Å². The maximum Gasteiger partial charge on any atom is 0.269 e. The molecule has 0 amide bonds. The van der Waals surface area contributed by atoms with E-state index in [1.807, 2.05) is 11.8 Å². The van der Waals surface area contributed by atoms with Gasteiger partial charge < -0.3 is 10.4 Å². The lowest BCUT2D eigenvalue weighted by molar-refractivity contribution is -0.384. The normalized spacial score (nSPS) is 18.6. The molecule has 0 aliphatic heterocycles. The zero-order chi connectivity index (χ0) is 15.3. The summed E-state index contributed by atoms with van der Waals surface area (Å²) in [4.78, 5) is 10.2. The molecule has 21 heavy (non-hydrogen) atoms. The molecule has 1 aromatic rings. The maximum absolute atomic E-state index is 10.6. The fourth-order valence-corrected chi connectivity index (χ4v) is 3.79. The standard InChI is InChI=1S/C15H22N2O3S/c1-21-15(8-2-3-9-15)11-16-10-14(18)12-4-6-13(7-5-12)17(19)20/h4-7,14,16,18H,2-3,8-11H2,1H3. The number of nitrogens with zero attached hydrogens (tertiary/aromatic N) is 1. The fraction of sp³-hybridized carbons (Fsp3) is 0.600. The SMILES string of the molecule is CSC1(CNCC(O)c2ccc([N+](=O)[O-])cc2)CCCC1. The van der Waals surface area contributed by atoms with Crippen LogP contribution in [0.25, 0.3) is 0 Å². The van der Waals surface area contributed by atoms with E-state index in [1.54, 1.807) is 12.1 Å². The number of nitro groups is 1. The van der Waals surface area contributed by atoms with E-state index in [-0.39, 0.29) is 5.69 Å². The van der Waals surface area contributed by atoms with Crippen LogP contribution in [0.2, 0.25) is 0 Å². The zero-order valence-electron chi connectivity index (χ0n) is 12.2. The van der Waals surface area contributed by atoms with Crippen LogP contribution in [0.4, 0.5) is 5.69 Å². The number of rotatable bonds is 7. The minimum atomic E-state index is -0.633. The summed E-state index contributed by atoms with van der Waals surface area (Å²) in [6.07, 6.45) is 6.55. The lowest BCUT2D eigenvalue weighted by atomic mass is 10.1. The van der Waals surface area contributed by atoms with Crippen LogP contribution in [0, 0.1) is 10.1 Å². The lowest BCUT2D eigenvalue weighted by Crippen LogP contribution is -2.37. The number of aliphatic hydroxyl groups is 1. The molecule has 2 N–H and O–H groups in total. The van der Waals surface area contributed by atoms with Crippen LogP contribution >= 0.6 is 11.8 Å². The molecule has 5 nitrogen and oxygen atoms in total. The smallest absolute Gasteiger partial charge is 0.269 e. The van der Waals surface area contributed by atoms with E-state index in [0.717, 1.165) is 6.54 Å². The number of aliphatic hydroxyl groups excluding tert-OH is 1. The van der Waals surface area contributed by atoms with Gasteiger partial charge in [-0.05, 0) is 36.8 Å². The average Bonchev–Trinajstić information content (AvgIpc) is 2.96. The number of nitrogens with one attached hydrogen (secondary N) is 1.